The number of hydrogen-bond donors (Lipinski definition) is 0. The Morgan fingerprint density at radius 2 is 0.376 bits per heavy atom. The predicted octanol–water partition coefficient (Wildman–Crippen LogP) is 39.7. The number of nitrogens with zero attached hydrogens (tertiary/aromatic N) is 6. The summed E-state index contributed by atoms with van der Waals surface area (Å²) < 4.78 is 4.90. The Hall–Kier alpha value is -19.4. The number of rotatable bonds is 21. The molecule has 6 heteroatoms. The number of benzene rings is 24. The van der Waals surface area contributed by atoms with E-state index >= 15 is 0 Å². The Balaban J connectivity index is 0.000000151. The zero-order chi connectivity index (χ0) is 99.2. The van der Waals surface area contributed by atoms with E-state index in [1.54, 1.807) is 0 Å². The summed E-state index contributed by atoms with van der Waals surface area (Å²) in [5.41, 5.74) is 42.2. The summed E-state index contributed by atoms with van der Waals surface area (Å²) in [6.45, 7) is 4.73. The van der Waals surface area contributed by atoms with Crippen LogP contribution in [0.3, 0.4) is 0 Å². The fourth-order valence-electron chi connectivity index (χ4n) is 22.5. The van der Waals surface area contributed by atoms with E-state index in [1.807, 2.05) is 0 Å². The average Bonchev–Trinajstić information content (AvgIpc) is 1.59. The molecule has 0 bridgehead atoms. The average molecular weight is 1900 g/mol. The van der Waals surface area contributed by atoms with E-state index in [0.717, 1.165) is 96.2 Å². The third kappa shape index (κ3) is 17.0. The Morgan fingerprint density at radius 1 is 0.148 bits per heavy atom. The van der Waals surface area contributed by atoms with Crippen LogP contribution >= 0.6 is 0 Å². The quantitative estimate of drug-likeness (QED) is 0.0715. The lowest BCUT2D eigenvalue weighted by Gasteiger charge is -2.27. The summed E-state index contributed by atoms with van der Waals surface area (Å²) in [5, 5.41) is 9.70. The lowest BCUT2D eigenvalue weighted by Crippen LogP contribution is -2.15. The summed E-state index contributed by atoms with van der Waals surface area (Å²) >= 11 is 0. The van der Waals surface area contributed by atoms with E-state index in [9.17, 15) is 0 Å². The molecular formula is C143H102N6. The zero-order valence-electron chi connectivity index (χ0n) is 82.6. The van der Waals surface area contributed by atoms with Crippen LogP contribution < -0.4 is 19.6 Å². The summed E-state index contributed by atoms with van der Waals surface area (Å²) in [5.74, 6) is 0. The van der Waals surface area contributed by atoms with E-state index in [4.69, 9.17) is 0 Å². The second-order valence-electron chi connectivity index (χ2n) is 39.1. The van der Waals surface area contributed by atoms with Crippen molar-refractivity contribution in [3.05, 3.63) is 593 Å². The Morgan fingerprint density at radius 3 is 0.711 bits per heavy atom. The van der Waals surface area contributed by atoms with Gasteiger partial charge in [0.25, 0.3) is 0 Å². The molecule has 1 aliphatic rings. The van der Waals surface area contributed by atoms with Gasteiger partial charge in [-0.3, -0.25) is 0 Å². The van der Waals surface area contributed by atoms with Crippen molar-refractivity contribution < 1.29 is 0 Å². The molecule has 704 valence electrons. The number of hydrogen-bond acceptors (Lipinski definition) is 4. The Kier molecular flexibility index (Phi) is 23.3. The second-order valence-corrected chi connectivity index (χ2v) is 39.1. The minimum absolute atomic E-state index is 0.122. The predicted molar refractivity (Wildman–Crippen MR) is 631 cm³/mol. The highest BCUT2D eigenvalue weighted by Gasteiger charge is 2.36. The molecule has 149 heavy (non-hydrogen) atoms. The van der Waals surface area contributed by atoms with Gasteiger partial charge in [-0.2, -0.15) is 0 Å². The fourth-order valence-corrected chi connectivity index (χ4v) is 22.5. The van der Waals surface area contributed by atoms with Crippen LogP contribution in [0.1, 0.15) is 25.0 Å². The van der Waals surface area contributed by atoms with Crippen molar-refractivity contribution in [3.8, 4) is 100 Å². The highest BCUT2D eigenvalue weighted by molar-refractivity contribution is 6.14. The van der Waals surface area contributed by atoms with Crippen LogP contribution in [0.2, 0.25) is 0 Å². The topological polar surface area (TPSA) is 22.8 Å². The van der Waals surface area contributed by atoms with E-state index in [1.165, 1.54) is 149 Å². The molecule has 0 amide bonds. The van der Waals surface area contributed by atoms with Crippen LogP contribution in [-0.2, 0) is 5.41 Å². The summed E-state index contributed by atoms with van der Waals surface area (Å²) in [6.07, 6.45) is 0. The molecule has 0 aliphatic heterocycles. The monoisotopic (exact) mass is 1900 g/mol. The summed E-state index contributed by atoms with van der Waals surface area (Å²) in [7, 11) is 0. The lowest BCUT2D eigenvalue weighted by molar-refractivity contribution is 0.660. The van der Waals surface area contributed by atoms with Gasteiger partial charge in [-0.15, -0.1) is 0 Å². The van der Waals surface area contributed by atoms with Gasteiger partial charge >= 0.3 is 0 Å². The number of fused-ring (bicyclic) bond motifs is 11. The summed E-state index contributed by atoms with van der Waals surface area (Å²) in [4.78, 5) is 9.40. The maximum absolute atomic E-state index is 2.48. The van der Waals surface area contributed by atoms with Gasteiger partial charge in [0.05, 0.1) is 33.4 Å². The first-order valence-electron chi connectivity index (χ1n) is 51.3. The molecule has 24 aromatic carbocycles. The maximum Gasteiger partial charge on any atom is 0.0541 e. The fraction of sp³-hybridized carbons (Fsp3) is 0.0210. The van der Waals surface area contributed by atoms with E-state index in [2.05, 4.69) is 625 Å². The maximum atomic E-state index is 2.48. The molecule has 0 N–H and O–H groups in total. The molecule has 27 rings (SSSR count). The highest BCUT2D eigenvalue weighted by Crippen LogP contribution is 2.52. The molecule has 0 atom stereocenters. The molecule has 0 saturated heterocycles. The molecule has 6 nitrogen and oxygen atoms in total. The second kappa shape index (κ2) is 38.7. The largest absolute Gasteiger partial charge is 0.311 e. The van der Waals surface area contributed by atoms with Gasteiger partial charge in [0.1, 0.15) is 0 Å². The van der Waals surface area contributed by atoms with Crippen molar-refractivity contribution in [2.75, 3.05) is 19.6 Å². The minimum atomic E-state index is -0.122. The highest BCUT2D eigenvalue weighted by atomic mass is 15.2. The van der Waals surface area contributed by atoms with E-state index in [0.29, 0.717) is 0 Å². The minimum Gasteiger partial charge on any atom is -0.311 e. The van der Waals surface area contributed by atoms with Crippen LogP contribution in [0, 0.1) is 0 Å². The normalized spacial score (nSPS) is 11.9. The molecule has 0 unspecified atom stereocenters. The van der Waals surface area contributed by atoms with Gasteiger partial charge in [-0.25, -0.2) is 0 Å². The van der Waals surface area contributed by atoms with Crippen molar-refractivity contribution in [1.82, 2.24) is 9.13 Å². The van der Waals surface area contributed by atoms with Gasteiger partial charge in [-0.05, 0) is 317 Å². The molecule has 0 saturated carbocycles. The lowest BCUT2D eigenvalue weighted by atomic mass is 9.82. The van der Waals surface area contributed by atoms with Crippen LogP contribution in [0.15, 0.2) is 582 Å². The van der Waals surface area contributed by atoms with Crippen molar-refractivity contribution in [2.45, 2.75) is 19.3 Å². The SMILES string of the molecule is CC1(C)c2ccccc2-c2ccc(-n3c4ccc(-c5ccc(N(c6ccccc6)c6ccc(-c7ccccc7)cc6)cc5)cc4c4cc(-c5ccc(N(c6ccccc6)c6ccc(-c7ccccc7)cc6)cc5)ccc43)cc21.c1ccc(-c2ccc(-n3c4ccc(-c5ccc(N(c6ccccc6)c6cccc7ccccc67)cc5)cc4c4cc(-c5ccc(N(c6ccccc6)c6cccc7ccccc67)cc5)ccc43)cc2)cc1. The van der Waals surface area contributed by atoms with Crippen LogP contribution in [-0.4, -0.2) is 9.13 Å². The third-order valence-electron chi connectivity index (χ3n) is 30.0. The Bertz CT molecular complexity index is 8920. The van der Waals surface area contributed by atoms with Crippen molar-refractivity contribution in [3.63, 3.8) is 0 Å². The molecule has 1 aliphatic carbocycles. The van der Waals surface area contributed by atoms with E-state index in [-0.39, 0.29) is 5.41 Å². The molecule has 0 spiro atoms. The molecule has 26 aromatic rings. The first-order valence-corrected chi connectivity index (χ1v) is 51.3. The number of anilines is 12. The zero-order valence-corrected chi connectivity index (χ0v) is 82.6. The van der Waals surface area contributed by atoms with E-state index < -0.39 is 0 Å². The molecule has 2 aromatic heterocycles. The van der Waals surface area contributed by atoms with Crippen molar-refractivity contribution in [2.24, 2.45) is 0 Å². The van der Waals surface area contributed by atoms with Gasteiger partial charge in [0.15, 0.2) is 0 Å². The molecule has 0 radical (unpaired) electrons. The Labute approximate surface area is 869 Å². The summed E-state index contributed by atoms with van der Waals surface area (Å²) in [6, 6.07) is 212. The van der Waals surface area contributed by atoms with Gasteiger partial charge in [0, 0.05) is 106 Å². The number of para-hydroxylation sites is 4. The van der Waals surface area contributed by atoms with Crippen molar-refractivity contribution in [1.29, 1.82) is 0 Å². The first-order chi connectivity index (χ1) is 73.6. The van der Waals surface area contributed by atoms with Crippen LogP contribution in [0.25, 0.3) is 166 Å². The van der Waals surface area contributed by atoms with Gasteiger partial charge in [0.2, 0.25) is 0 Å². The third-order valence-corrected chi connectivity index (χ3v) is 30.0. The van der Waals surface area contributed by atoms with Crippen LogP contribution in [0.5, 0.6) is 0 Å². The van der Waals surface area contributed by atoms with Crippen molar-refractivity contribution >= 4 is 133 Å². The smallest absolute Gasteiger partial charge is 0.0541 e. The standard InChI is InChI=1S/C75H55N3.C68H47N3/c1-75(2)71-26-16-15-25-67(71)68-46-45-66(51-72(68)75)78-73-47-35-58(56-31-41-64(42-32-56)76(60-21-11-5-12-22-60)62-37-27-54(28-38-62)52-17-7-3-8-18-52)49-69(73)70-50-59(36-48-74(70)78)57-33-43-65(44-34-57)77(61-23-13-6-14-24-61)63-39-29-55(30-40-63)53-19-9-4-10-20-53;1-4-16-48(17-5-1)49-30-42-60(43-31-49)71-67-44-36-54(50-32-38-58(39-33-50)69(56-22-6-2-7-23-56)65-28-14-20-52-18-10-12-26-61(52)65)46-63(67)64-47-55(37-45-68(64)71)51-34-40-59(41-35-51)70(57-24-8-3-9-25-57)66-29-15-21-53-19-11-13-27-62(53)66/h3-51H,1-2H3;1-47H. The number of aromatic nitrogens is 2. The molecule has 0 fully saturated rings. The van der Waals surface area contributed by atoms with Gasteiger partial charge < -0.3 is 28.7 Å². The first kappa shape index (κ1) is 89.7. The molecular weight excluding hydrogens is 1800 g/mol. The molecule has 2 heterocycles. The van der Waals surface area contributed by atoms with Crippen LogP contribution in [0.4, 0.5) is 68.2 Å². The van der Waals surface area contributed by atoms with Gasteiger partial charge in [-0.1, -0.05) is 390 Å².